The van der Waals surface area contributed by atoms with E-state index in [2.05, 4.69) is 15.4 Å². The van der Waals surface area contributed by atoms with E-state index in [1.165, 1.54) is 36.4 Å². The first-order chi connectivity index (χ1) is 15.6. The second kappa shape index (κ2) is 7.68. The highest BCUT2D eigenvalue weighted by atomic mass is 19.4. The van der Waals surface area contributed by atoms with Gasteiger partial charge in [-0.15, -0.1) is 0 Å². The summed E-state index contributed by atoms with van der Waals surface area (Å²) in [7, 11) is 0. The minimum atomic E-state index is -4.61. The van der Waals surface area contributed by atoms with E-state index >= 15 is 0 Å². The van der Waals surface area contributed by atoms with E-state index in [1.807, 2.05) is 0 Å². The largest absolute Gasteiger partial charge is 0.480 e. The zero-order valence-corrected chi connectivity index (χ0v) is 17.9. The Bertz CT molecular complexity index is 1080. The maximum atomic E-state index is 13.3. The molecule has 5 rings (SSSR count). The molecule has 3 fully saturated rings. The number of carboxylic acids is 1. The Morgan fingerprint density at radius 2 is 1.97 bits per heavy atom. The summed E-state index contributed by atoms with van der Waals surface area (Å²) in [5.41, 5.74) is 5.79. The summed E-state index contributed by atoms with van der Waals surface area (Å²) in [5, 5.41) is 16.2. The van der Waals surface area contributed by atoms with Crippen molar-refractivity contribution >= 4 is 17.5 Å². The van der Waals surface area contributed by atoms with Gasteiger partial charge in [-0.3, -0.25) is 9.59 Å². The van der Waals surface area contributed by atoms with Crippen LogP contribution < -0.4 is 11.1 Å². The molecule has 2 saturated carbocycles. The van der Waals surface area contributed by atoms with Crippen molar-refractivity contribution in [3.05, 3.63) is 29.7 Å². The van der Waals surface area contributed by atoms with Gasteiger partial charge in [-0.05, 0) is 67.9 Å². The van der Waals surface area contributed by atoms with Crippen molar-refractivity contribution < 1.29 is 27.9 Å². The molecule has 1 aliphatic heterocycles. The first kappa shape index (κ1) is 22.1. The average Bonchev–Trinajstić information content (AvgIpc) is 3.68. The quantitative estimate of drug-likeness (QED) is 0.540. The molecule has 0 radical (unpaired) electrons. The molecular weight excluding hydrogens is 439 g/mol. The third kappa shape index (κ3) is 4.07. The van der Waals surface area contributed by atoms with Crippen LogP contribution in [0.25, 0.3) is 5.65 Å². The number of amides is 1. The van der Waals surface area contributed by atoms with Crippen molar-refractivity contribution in [2.24, 2.45) is 34.8 Å². The Morgan fingerprint density at radius 1 is 1.30 bits per heavy atom. The minimum absolute atomic E-state index is 0.225. The molecule has 178 valence electrons. The maximum Gasteiger partial charge on any atom is 0.393 e. The molecule has 8 nitrogen and oxygen atoms in total. The van der Waals surface area contributed by atoms with E-state index in [4.69, 9.17) is 5.73 Å². The number of imidazole rings is 1. The molecule has 3 aliphatic rings. The molecule has 33 heavy (non-hydrogen) atoms. The standard InChI is InChI=1S/C22H26F3N5O3/c23-22(24,25)14-7-21(20(32)33,19(31)27-9-14)6-11-5-16-29-15(10-30(16)28-8-11)18(26)17(12-1-2-12)13-3-4-13/h5,8,10,12-14,17-18H,1-4,6-7,9,26H2,(H,27,31)(H,32,33)/t14-,18?,21?/m1/s1. The molecule has 3 atom stereocenters. The van der Waals surface area contributed by atoms with Gasteiger partial charge >= 0.3 is 12.1 Å². The second-order valence-electron chi connectivity index (χ2n) is 9.83. The van der Waals surface area contributed by atoms with Gasteiger partial charge < -0.3 is 16.2 Å². The lowest BCUT2D eigenvalue weighted by Crippen LogP contribution is -2.57. The summed E-state index contributed by atoms with van der Waals surface area (Å²) < 4.78 is 41.4. The van der Waals surface area contributed by atoms with Crippen LogP contribution in [0, 0.1) is 29.1 Å². The molecule has 11 heteroatoms. The van der Waals surface area contributed by atoms with Crippen LogP contribution in [0.3, 0.4) is 0 Å². The number of rotatable bonds is 7. The molecular formula is C22H26F3N5O3. The highest BCUT2D eigenvalue weighted by Crippen LogP contribution is 2.53. The number of carboxylic acid groups (broad SMARTS) is 1. The third-order valence-electron chi connectivity index (χ3n) is 7.40. The molecule has 3 heterocycles. The first-order valence-electron chi connectivity index (χ1n) is 11.3. The number of hydrogen-bond acceptors (Lipinski definition) is 5. The lowest BCUT2D eigenvalue weighted by atomic mass is 9.71. The Balaban J connectivity index is 1.42. The number of carbonyl (C=O) groups is 2. The average molecular weight is 465 g/mol. The lowest BCUT2D eigenvalue weighted by molar-refractivity contribution is -0.194. The maximum absolute atomic E-state index is 13.3. The highest BCUT2D eigenvalue weighted by Gasteiger charge is 2.56. The summed E-state index contributed by atoms with van der Waals surface area (Å²) >= 11 is 0. The number of nitrogens with two attached hydrogens (primary N) is 1. The van der Waals surface area contributed by atoms with Crippen LogP contribution in [0.2, 0.25) is 0 Å². The number of hydrogen-bond donors (Lipinski definition) is 3. The number of aromatic nitrogens is 3. The predicted molar refractivity (Wildman–Crippen MR) is 110 cm³/mol. The van der Waals surface area contributed by atoms with E-state index in [9.17, 15) is 27.9 Å². The fourth-order valence-electron chi connectivity index (χ4n) is 5.29. The minimum Gasteiger partial charge on any atom is -0.480 e. The Morgan fingerprint density at radius 3 is 2.55 bits per heavy atom. The number of aliphatic carboxylic acids is 1. The summed E-state index contributed by atoms with van der Waals surface area (Å²) in [6.07, 6.45) is 2.02. The molecule has 4 N–H and O–H groups in total. The van der Waals surface area contributed by atoms with Crippen LogP contribution in [0.15, 0.2) is 18.5 Å². The summed E-state index contributed by atoms with van der Waals surface area (Å²) in [6.45, 7) is -0.626. The molecule has 2 aliphatic carbocycles. The number of alkyl halides is 3. The molecule has 2 aromatic heterocycles. The third-order valence-corrected chi connectivity index (χ3v) is 7.40. The highest BCUT2D eigenvalue weighted by molar-refractivity contribution is 6.02. The molecule has 0 bridgehead atoms. The number of nitrogens with zero attached hydrogens (tertiary/aromatic N) is 3. The molecule has 0 aromatic carbocycles. The number of nitrogens with one attached hydrogen (secondary N) is 1. The Hall–Kier alpha value is -2.69. The van der Waals surface area contributed by atoms with Gasteiger partial charge in [-0.2, -0.15) is 18.3 Å². The van der Waals surface area contributed by atoms with Crippen LogP contribution in [-0.2, 0) is 16.0 Å². The van der Waals surface area contributed by atoms with Gasteiger partial charge in [0, 0.05) is 6.54 Å². The van der Waals surface area contributed by atoms with Gasteiger partial charge in [-0.1, -0.05) is 0 Å². The van der Waals surface area contributed by atoms with Crippen LogP contribution in [0.1, 0.15) is 49.4 Å². The fourth-order valence-corrected chi connectivity index (χ4v) is 5.29. The predicted octanol–water partition coefficient (Wildman–Crippen LogP) is 2.48. The van der Waals surface area contributed by atoms with Crippen LogP contribution >= 0.6 is 0 Å². The van der Waals surface area contributed by atoms with E-state index in [0.717, 1.165) is 0 Å². The SMILES string of the molecule is NC(c1cn2ncc(CC3(C(=O)O)C[C@@H](C(F)(F)F)CNC3=O)cc2n1)C(C1CC1)C1CC1. The second-order valence-corrected chi connectivity index (χ2v) is 9.83. The van der Waals surface area contributed by atoms with Crippen molar-refractivity contribution in [1.29, 1.82) is 0 Å². The van der Waals surface area contributed by atoms with Crippen LogP contribution in [-0.4, -0.2) is 44.3 Å². The number of carbonyl (C=O) groups excluding carboxylic acids is 1. The van der Waals surface area contributed by atoms with Crippen molar-refractivity contribution in [3.63, 3.8) is 0 Å². The number of halogens is 3. The molecule has 1 amide bonds. The van der Waals surface area contributed by atoms with Crippen LogP contribution in [0.4, 0.5) is 13.2 Å². The number of piperidine rings is 1. The first-order valence-corrected chi connectivity index (χ1v) is 11.3. The number of fused-ring (bicyclic) bond motifs is 1. The van der Waals surface area contributed by atoms with E-state index in [0.29, 0.717) is 34.7 Å². The van der Waals surface area contributed by atoms with Crippen molar-refractivity contribution in [1.82, 2.24) is 19.9 Å². The Labute approximate surface area is 187 Å². The van der Waals surface area contributed by atoms with Gasteiger partial charge in [0.2, 0.25) is 5.91 Å². The lowest BCUT2D eigenvalue weighted by Gasteiger charge is -2.37. The van der Waals surface area contributed by atoms with Crippen molar-refractivity contribution in [2.75, 3.05) is 6.54 Å². The van der Waals surface area contributed by atoms with Gasteiger partial charge in [0.05, 0.1) is 30.0 Å². The van der Waals surface area contributed by atoms with Gasteiger partial charge in [-0.25, -0.2) is 9.50 Å². The summed E-state index contributed by atoms with van der Waals surface area (Å²) in [4.78, 5) is 29.1. The topological polar surface area (TPSA) is 123 Å². The van der Waals surface area contributed by atoms with Gasteiger partial charge in [0.25, 0.3) is 0 Å². The van der Waals surface area contributed by atoms with E-state index in [-0.39, 0.29) is 6.04 Å². The smallest absolute Gasteiger partial charge is 0.393 e. The monoisotopic (exact) mass is 465 g/mol. The zero-order chi connectivity index (χ0) is 23.5. The Kier molecular flexibility index (Phi) is 5.15. The molecule has 2 aromatic rings. The molecule has 2 unspecified atom stereocenters. The van der Waals surface area contributed by atoms with E-state index < -0.39 is 48.8 Å². The van der Waals surface area contributed by atoms with Gasteiger partial charge in [0.15, 0.2) is 11.1 Å². The van der Waals surface area contributed by atoms with E-state index in [1.54, 1.807) is 12.3 Å². The fraction of sp³-hybridized carbons (Fsp3) is 0.636. The van der Waals surface area contributed by atoms with Crippen LogP contribution in [0.5, 0.6) is 0 Å². The molecule has 1 saturated heterocycles. The van der Waals surface area contributed by atoms with Crippen molar-refractivity contribution in [2.45, 2.75) is 50.7 Å². The summed E-state index contributed by atoms with van der Waals surface area (Å²) in [5.74, 6) is -2.80. The zero-order valence-electron chi connectivity index (χ0n) is 17.9. The normalized spacial score (nSPS) is 27.1. The van der Waals surface area contributed by atoms with Crippen molar-refractivity contribution in [3.8, 4) is 0 Å². The molecule has 0 spiro atoms. The van der Waals surface area contributed by atoms with Gasteiger partial charge in [0.1, 0.15) is 0 Å². The summed E-state index contributed by atoms with van der Waals surface area (Å²) in [6, 6.07) is 1.35.